The smallest absolute Gasteiger partial charge is 0.744 e. The molecule has 0 bridgehead atoms. The van der Waals surface area contributed by atoms with Gasteiger partial charge in [-0.1, -0.05) is 24.3 Å². The van der Waals surface area contributed by atoms with E-state index in [0.717, 1.165) is 18.2 Å². The molecule has 0 aliphatic rings. The second kappa shape index (κ2) is 6.84. The Morgan fingerprint density at radius 1 is 1.14 bits per heavy atom. The molecule has 0 unspecified atom stereocenters. The van der Waals surface area contributed by atoms with Crippen LogP contribution in [0.2, 0.25) is 0 Å². The molecule has 3 nitrogen and oxygen atoms in total. The summed E-state index contributed by atoms with van der Waals surface area (Å²) >= 11 is 0. The molecule has 114 valence electrons. The first-order valence-electron chi connectivity index (χ1n) is 5.75. The van der Waals surface area contributed by atoms with Crippen molar-refractivity contribution in [3.63, 3.8) is 0 Å². The van der Waals surface area contributed by atoms with E-state index in [-0.39, 0.29) is 45.9 Å². The Morgan fingerprint density at radius 2 is 1.77 bits per heavy atom. The van der Waals surface area contributed by atoms with Gasteiger partial charge in [0.05, 0.1) is 4.90 Å². The van der Waals surface area contributed by atoms with Gasteiger partial charge >= 0.3 is 41.9 Å². The summed E-state index contributed by atoms with van der Waals surface area (Å²) in [6.07, 6.45) is -4.97. The third-order valence-electron chi connectivity index (χ3n) is 2.98. The first-order valence-corrected chi connectivity index (χ1v) is 7.15. The Labute approximate surface area is 146 Å². The first-order chi connectivity index (χ1) is 9.61. The predicted molar refractivity (Wildman–Crippen MR) is 66.6 cm³/mol. The predicted octanol–water partition coefficient (Wildman–Crippen LogP) is 0.191. The van der Waals surface area contributed by atoms with Gasteiger partial charge in [0.2, 0.25) is 0 Å². The van der Waals surface area contributed by atoms with Gasteiger partial charge in [-0.05, 0) is 28.5 Å². The van der Waals surface area contributed by atoms with Gasteiger partial charge in [0, 0.05) is 6.42 Å². The summed E-state index contributed by atoms with van der Waals surface area (Å²) in [6, 6.07) is 7.16. The number of hydrogen-bond acceptors (Lipinski definition) is 3. The maximum atomic E-state index is 13.1. The first kappa shape index (κ1) is 19.4. The Balaban J connectivity index is 0.00000242. The standard InChI is InChI=1S/C13H10F4O3S.Na/c14-12(15)13(16,17)7-9-3-1-2-8-6-10(21(18,19)20)4-5-11(8)9;/h1-6,12H,7H2,(H,18,19,20);/q;+1/p-1. The third-order valence-corrected chi connectivity index (χ3v) is 3.81. The van der Waals surface area contributed by atoms with Crippen molar-refractivity contribution in [1.82, 2.24) is 0 Å². The van der Waals surface area contributed by atoms with E-state index >= 15 is 0 Å². The summed E-state index contributed by atoms with van der Waals surface area (Å²) in [6.45, 7) is 0. The Morgan fingerprint density at radius 3 is 2.32 bits per heavy atom. The summed E-state index contributed by atoms with van der Waals surface area (Å²) in [5, 5.41) is 0.416. The normalized spacial score (nSPS) is 12.5. The second-order valence-corrected chi connectivity index (χ2v) is 5.87. The van der Waals surface area contributed by atoms with Crippen LogP contribution in [0.25, 0.3) is 10.8 Å². The SMILES string of the molecule is O=S(=O)([O-])c1ccc2c(CC(F)(F)C(F)F)cccc2c1.[Na+]. The molecule has 2 aromatic rings. The van der Waals surface area contributed by atoms with Crippen LogP contribution in [-0.2, 0) is 16.5 Å². The average molecular weight is 344 g/mol. The topological polar surface area (TPSA) is 57.2 Å². The van der Waals surface area contributed by atoms with Crippen LogP contribution in [0, 0.1) is 0 Å². The summed E-state index contributed by atoms with van der Waals surface area (Å²) in [4.78, 5) is -0.507. The molecule has 0 amide bonds. The molecule has 0 aliphatic carbocycles. The van der Waals surface area contributed by atoms with Crippen LogP contribution in [0.4, 0.5) is 17.6 Å². The van der Waals surface area contributed by atoms with Gasteiger partial charge in [-0.2, -0.15) is 8.78 Å². The van der Waals surface area contributed by atoms with Gasteiger partial charge in [0.1, 0.15) is 10.1 Å². The third kappa shape index (κ3) is 4.20. The van der Waals surface area contributed by atoms with E-state index in [2.05, 4.69) is 0 Å². The largest absolute Gasteiger partial charge is 1.00 e. The van der Waals surface area contributed by atoms with Gasteiger partial charge in [0.15, 0.2) is 0 Å². The van der Waals surface area contributed by atoms with E-state index < -0.39 is 33.8 Å². The van der Waals surface area contributed by atoms with Gasteiger partial charge < -0.3 is 4.55 Å². The van der Waals surface area contributed by atoms with Gasteiger partial charge in [-0.25, -0.2) is 17.2 Å². The molecule has 0 saturated carbocycles. The molecule has 0 N–H and O–H groups in total. The quantitative estimate of drug-likeness (QED) is 0.452. The fraction of sp³-hybridized carbons (Fsp3) is 0.231. The van der Waals surface area contributed by atoms with Gasteiger partial charge in [0.25, 0.3) is 0 Å². The van der Waals surface area contributed by atoms with Crippen LogP contribution < -0.4 is 29.6 Å². The molecule has 0 aromatic heterocycles. The van der Waals surface area contributed by atoms with Crippen LogP contribution in [-0.4, -0.2) is 25.3 Å². The maximum Gasteiger partial charge on any atom is 1.00 e. The van der Waals surface area contributed by atoms with E-state index in [1.54, 1.807) is 0 Å². The van der Waals surface area contributed by atoms with Crippen LogP contribution in [0.3, 0.4) is 0 Å². The molecule has 0 atom stereocenters. The van der Waals surface area contributed by atoms with Crippen LogP contribution >= 0.6 is 0 Å². The summed E-state index contributed by atoms with van der Waals surface area (Å²) < 4.78 is 83.5. The molecule has 2 aromatic carbocycles. The van der Waals surface area contributed by atoms with E-state index in [1.165, 1.54) is 18.2 Å². The molecule has 0 radical (unpaired) electrons. The average Bonchev–Trinajstić information content (AvgIpc) is 2.37. The maximum absolute atomic E-state index is 13.1. The molecule has 0 aliphatic heterocycles. The van der Waals surface area contributed by atoms with E-state index in [9.17, 15) is 30.5 Å². The van der Waals surface area contributed by atoms with Crippen molar-refractivity contribution in [3.8, 4) is 0 Å². The Hall–Kier alpha value is -0.670. The molecule has 2 rings (SSSR count). The molecule has 0 spiro atoms. The van der Waals surface area contributed by atoms with Crippen molar-refractivity contribution in [2.45, 2.75) is 23.7 Å². The summed E-state index contributed by atoms with van der Waals surface area (Å²) in [5.74, 6) is -4.18. The fourth-order valence-electron chi connectivity index (χ4n) is 1.97. The molecule has 0 fully saturated rings. The monoisotopic (exact) mass is 344 g/mol. The zero-order valence-electron chi connectivity index (χ0n) is 11.4. The van der Waals surface area contributed by atoms with Crippen LogP contribution in [0.15, 0.2) is 41.3 Å². The number of hydrogen-bond donors (Lipinski definition) is 0. The van der Waals surface area contributed by atoms with Crippen molar-refractivity contribution >= 4 is 20.9 Å². The van der Waals surface area contributed by atoms with Crippen molar-refractivity contribution in [3.05, 3.63) is 42.0 Å². The number of halogens is 4. The minimum atomic E-state index is -4.67. The van der Waals surface area contributed by atoms with Crippen LogP contribution in [0.5, 0.6) is 0 Å². The number of alkyl halides is 4. The van der Waals surface area contributed by atoms with E-state index in [1.807, 2.05) is 0 Å². The van der Waals surface area contributed by atoms with Gasteiger partial charge in [-0.3, -0.25) is 0 Å². The zero-order valence-corrected chi connectivity index (χ0v) is 14.2. The number of fused-ring (bicyclic) bond motifs is 1. The molecule has 0 heterocycles. The molecular weight excluding hydrogens is 335 g/mol. The van der Waals surface area contributed by atoms with Crippen molar-refractivity contribution < 1.29 is 60.1 Å². The van der Waals surface area contributed by atoms with Crippen molar-refractivity contribution in [2.24, 2.45) is 0 Å². The Kier molecular flexibility index (Phi) is 6.02. The van der Waals surface area contributed by atoms with Gasteiger partial charge in [-0.15, -0.1) is 0 Å². The van der Waals surface area contributed by atoms with Crippen molar-refractivity contribution in [1.29, 1.82) is 0 Å². The van der Waals surface area contributed by atoms with E-state index in [0.29, 0.717) is 0 Å². The minimum absolute atomic E-state index is 0. The van der Waals surface area contributed by atoms with E-state index in [4.69, 9.17) is 0 Å². The molecular formula is C13H9F4NaO3S. The summed E-state index contributed by atoms with van der Waals surface area (Å²) in [5.41, 5.74) is -0.0485. The van der Waals surface area contributed by atoms with Crippen LogP contribution in [0.1, 0.15) is 5.56 Å². The Bertz CT molecular complexity index is 778. The zero-order chi connectivity index (χ0) is 15.8. The molecule has 9 heteroatoms. The molecule has 22 heavy (non-hydrogen) atoms. The fourth-order valence-corrected chi connectivity index (χ4v) is 2.48. The number of benzene rings is 2. The molecule has 0 saturated heterocycles. The van der Waals surface area contributed by atoms with Crippen molar-refractivity contribution in [2.75, 3.05) is 0 Å². The second-order valence-electron chi connectivity index (χ2n) is 4.49. The minimum Gasteiger partial charge on any atom is -0.744 e. The number of rotatable bonds is 4. The summed E-state index contributed by atoms with van der Waals surface area (Å²) in [7, 11) is -4.67.